The summed E-state index contributed by atoms with van der Waals surface area (Å²) in [6.07, 6.45) is 1.92. The number of carboxylic acids is 1. The highest BCUT2D eigenvalue weighted by Crippen LogP contribution is 2.31. The third kappa shape index (κ3) is 2.98. The summed E-state index contributed by atoms with van der Waals surface area (Å²) in [5.74, 6) is -1.67. The summed E-state index contributed by atoms with van der Waals surface area (Å²) in [6, 6.07) is 1.54. The molecule has 1 aliphatic heterocycles. The first-order valence-corrected chi connectivity index (χ1v) is 8.90. The van der Waals surface area contributed by atoms with Gasteiger partial charge in [0.05, 0.1) is 0 Å². The molecule has 1 saturated heterocycles. The maximum absolute atomic E-state index is 12.6. The first-order valence-electron chi connectivity index (χ1n) is 7.46. The number of rotatable bonds is 5. The largest absolute Gasteiger partial charge is 0.475 e. The van der Waals surface area contributed by atoms with Gasteiger partial charge in [-0.3, -0.25) is 4.79 Å². The summed E-state index contributed by atoms with van der Waals surface area (Å²) in [4.78, 5) is 23.1. The SMILES string of the molecule is CC1CC1NC(=O)C1CCCN1S(=O)(=O)c1ccc(C(=O)O)o1. The van der Waals surface area contributed by atoms with E-state index >= 15 is 0 Å². The van der Waals surface area contributed by atoms with Gasteiger partial charge in [-0.2, -0.15) is 4.31 Å². The molecule has 3 rings (SSSR count). The molecule has 3 unspecified atom stereocenters. The number of carbonyl (C=O) groups is 2. The van der Waals surface area contributed by atoms with E-state index in [1.807, 2.05) is 6.92 Å². The molecule has 23 heavy (non-hydrogen) atoms. The number of furan rings is 1. The highest BCUT2D eigenvalue weighted by atomic mass is 32.2. The van der Waals surface area contributed by atoms with E-state index in [0.29, 0.717) is 18.8 Å². The molecule has 1 saturated carbocycles. The van der Waals surface area contributed by atoms with Crippen molar-refractivity contribution in [3.8, 4) is 0 Å². The van der Waals surface area contributed by atoms with E-state index in [4.69, 9.17) is 9.52 Å². The molecule has 0 radical (unpaired) electrons. The van der Waals surface area contributed by atoms with Gasteiger partial charge in [0.25, 0.3) is 10.0 Å². The second-order valence-corrected chi connectivity index (χ2v) is 7.85. The summed E-state index contributed by atoms with van der Waals surface area (Å²) < 4.78 is 31.2. The zero-order valence-corrected chi connectivity index (χ0v) is 13.4. The minimum Gasteiger partial charge on any atom is -0.475 e. The lowest BCUT2D eigenvalue weighted by molar-refractivity contribution is -0.124. The number of nitrogens with zero attached hydrogens (tertiary/aromatic N) is 1. The van der Waals surface area contributed by atoms with E-state index in [1.165, 1.54) is 0 Å². The fraction of sp³-hybridized carbons (Fsp3) is 0.571. The van der Waals surface area contributed by atoms with Gasteiger partial charge >= 0.3 is 5.97 Å². The minimum atomic E-state index is -4.03. The Kier molecular flexibility index (Phi) is 3.93. The van der Waals surface area contributed by atoms with E-state index < -0.39 is 32.9 Å². The molecule has 0 bridgehead atoms. The zero-order valence-electron chi connectivity index (χ0n) is 12.6. The molecule has 2 fully saturated rings. The lowest BCUT2D eigenvalue weighted by Gasteiger charge is -2.22. The minimum absolute atomic E-state index is 0.120. The molecular weight excluding hydrogens is 324 g/mol. The molecule has 126 valence electrons. The predicted molar refractivity (Wildman–Crippen MR) is 78.3 cm³/mol. The van der Waals surface area contributed by atoms with Crippen molar-refractivity contribution in [1.29, 1.82) is 0 Å². The maximum atomic E-state index is 12.6. The Hall–Kier alpha value is -1.87. The lowest BCUT2D eigenvalue weighted by Crippen LogP contribution is -2.46. The number of hydrogen-bond donors (Lipinski definition) is 2. The van der Waals surface area contributed by atoms with Crippen molar-refractivity contribution < 1.29 is 27.5 Å². The van der Waals surface area contributed by atoms with Crippen LogP contribution in [0.4, 0.5) is 0 Å². The van der Waals surface area contributed by atoms with Crippen LogP contribution < -0.4 is 5.32 Å². The fourth-order valence-electron chi connectivity index (χ4n) is 2.78. The van der Waals surface area contributed by atoms with Crippen molar-refractivity contribution in [2.45, 2.75) is 43.4 Å². The summed E-state index contributed by atoms with van der Waals surface area (Å²) in [7, 11) is -4.03. The molecule has 1 aliphatic carbocycles. The van der Waals surface area contributed by atoms with E-state index in [0.717, 1.165) is 22.9 Å². The van der Waals surface area contributed by atoms with E-state index in [-0.39, 0.29) is 18.5 Å². The Bertz CT molecular complexity index is 740. The molecule has 2 N–H and O–H groups in total. The number of amides is 1. The van der Waals surface area contributed by atoms with Crippen LogP contribution in [0.3, 0.4) is 0 Å². The highest BCUT2D eigenvalue weighted by Gasteiger charge is 2.43. The second-order valence-electron chi connectivity index (χ2n) is 6.03. The van der Waals surface area contributed by atoms with Gasteiger partial charge in [-0.05, 0) is 37.3 Å². The van der Waals surface area contributed by atoms with Gasteiger partial charge in [-0.25, -0.2) is 13.2 Å². The molecule has 2 heterocycles. The summed E-state index contributed by atoms with van der Waals surface area (Å²) in [6.45, 7) is 2.23. The Balaban J connectivity index is 1.79. The smallest absolute Gasteiger partial charge is 0.371 e. The van der Waals surface area contributed by atoms with Crippen LogP contribution in [0.2, 0.25) is 0 Å². The van der Waals surface area contributed by atoms with Crippen molar-refractivity contribution in [3.05, 3.63) is 17.9 Å². The fourth-order valence-corrected chi connectivity index (χ4v) is 4.35. The van der Waals surface area contributed by atoms with Gasteiger partial charge < -0.3 is 14.8 Å². The van der Waals surface area contributed by atoms with Gasteiger partial charge in [-0.1, -0.05) is 6.92 Å². The molecule has 1 aromatic heterocycles. The molecule has 8 nitrogen and oxygen atoms in total. The molecule has 1 amide bonds. The number of nitrogens with one attached hydrogen (secondary N) is 1. The number of sulfonamides is 1. The molecule has 0 aromatic carbocycles. The van der Waals surface area contributed by atoms with Crippen LogP contribution in [0.1, 0.15) is 36.7 Å². The number of carboxylic acid groups (broad SMARTS) is 1. The van der Waals surface area contributed by atoms with Crippen molar-refractivity contribution in [1.82, 2.24) is 9.62 Å². The zero-order chi connectivity index (χ0) is 16.8. The van der Waals surface area contributed by atoms with Gasteiger partial charge in [0, 0.05) is 12.6 Å². The molecule has 0 spiro atoms. The standard InChI is InChI=1S/C14H18N2O6S/c1-8-7-9(8)15-13(17)10-3-2-6-16(10)23(20,21)12-5-4-11(22-12)14(18)19/h4-5,8-10H,2-3,6-7H2,1H3,(H,15,17)(H,18,19). The van der Waals surface area contributed by atoms with Gasteiger partial charge in [0.2, 0.25) is 16.8 Å². The number of carbonyl (C=O) groups excluding carboxylic acids is 1. The van der Waals surface area contributed by atoms with E-state index in [2.05, 4.69) is 5.32 Å². The van der Waals surface area contributed by atoms with E-state index in [9.17, 15) is 18.0 Å². The average Bonchev–Trinajstić information content (AvgIpc) is 2.96. The topological polar surface area (TPSA) is 117 Å². The Morgan fingerprint density at radius 1 is 1.39 bits per heavy atom. The van der Waals surface area contributed by atoms with Crippen molar-refractivity contribution in [2.24, 2.45) is 5.92 Å². The van der Waals surface area contributed by atoms with Crippen LogP contribution >= 0.6 is 0 Å². The monoisotopic (exact) mass is 342 g/mol. The Labute approximate surface area is 133 Å². The summed E-state index contributed by atoms with van der Waals surface area (Å²) >= 11 is 0. The van der Waals surface area contributed by atoms with Crippen molar-refractivity contribution in [3.63, 3.8) is 0 Å². The first kappa shape index (κ1) is 16.0. The lowest BCUT2D eigenvalue weighted by atomic mass is 10.2. The quantitative estimate of drug-likeness (QED) is 0.811. The van der Waals surface area contributed by atoms with Gasteiger partial charge in [-0.15, -0.1) is 0 Å². The van der Waals surface area contributed by atoms with Crippen LogP contribution in [0.15, 0.2) is 21.6 Å². The number of aromatic carboxylic acids is 1. The Morgan fingerprint density at radius 2 is 2.09 bits per heavy atom. The molecule has 9 heteroatoms. The second kappa shape index (κ2) is 5.64. The van der Waals surface area contributed by atoms with Gasteiger partial charge in [0.1, 0.15) is 6.04 Å². The molecular formula is C14H18N2O6S. The van der Waals surface area contributed by atoms with Crippen LogP contribution in [-0.4, -0.2) is 48.3 Å². The number of hydrogen-bond acceptors (Lipinski definition) is 5. The van der Waals surface area contributed by atoms with Crippen LogP contribution in [0.5, 0.6) is 0 Å². The van der Waals surface area contributed by atoms with Gasteiger partial charge in [0.15, 0.2) is 0 Å². The Morgan fingerprint density at radius 3 is 2.65 bits per heavy atom. The van der Waals surface area contributed by atoms with Crippen molar-refractivity contribution >= 4 is 21.9 Å². The molecule has 2 aliphatic rings. The normalized spacial score (nSPS) is 27.8. The summed E-state index contributed by atoms with van der Waals surface area (Å²) in [5, 5.41) is 11.2. The van der Waals surface area contributed by atoms with Crippen molar-refractivity contribution in [2.75, 3.05) is 6.54 Å². The third-order valence-corrected chi connectivity index (χ3v) is 6.08. The highest BCUT2D eigenvalue weighted by molar-refractivity contribution is 7.89. The van der Waals surface area contributed by atoms with Crippen LogP contribution in [0.25, 0.3) is 0 Å². The first-order chi connectivity index (χ1) is 10.8. The third-order valence-electron chi connectivity index (χ3n) is 4.30. The van der Waals surface area contributed by atoms with E-state index in [1.54, 1.807) is 0 Å². The predicted octanol–water partition coefficient (Wildman–Crippen LogP) is 0.655. The average molecular weight is 342 g/mol. The molecule has 3 atom stereocenters. The summed E-state index contributed by atoms with van der Waals surface area (Å²) in [5.41, 5.74) is 0. The molecule has 1 aromatic rings. The van der Waals surface area contributed by atoms with Crippen LogP contribution in [-0.2, 0) is 14.8 Å². The van der Waals surface area contributed by atoms with Crippen LogP contribution in [0, 0.1) is 5.92 Å². The maximum Gasteiger partial charge on any atom is 0.371 e.